The second-order valence-corrected chi connectivity index (χ2v) is 7.35. The first-order valence-electron chi connectivity index (χ1n) is 9.76. The average molecular weight is 480 g/mol. The maximum Gasteiger partial charge on any atom is 0.273 e. The molecule has 9 nitrogen and oxygen atoms in total. The van der Waals surface area contributed by atoms with Crippen molar-refractivity contribution in [3.63, 3.8) is 0 Å². The zero-order valence-corrected chi connectivity index (χ0v) is 18.6. The number of ether oxygens (including phenoxy) is 2. The number of nitriles is 1. The molecule has 3 aromatic rings. The first kappa shape index (κ1) is 24.1. The molecule has 0 unspecified atom stereocenters. The van der Waals surface area contributed by atoms with Gasteiger partial charge in [-0.25, -0.2) is 0 Å². The van der Waals surface area contributed by atoms with Crippen molar-refractivity contribution >= 4 is 35.0 Å². The monoisotopic (exact) mass is 479 g/mol. The number of phenols is 1. The lowest BCUT2D eigenvalue weighted by atomic mass is 10.1. The van der Waals surface area contributed by atoms with Crippen LogP contribution in [0.4, 0.5) is 11.4 Å². The molecule has 0 atom stereocenters. The summed E-state index contributed by atoms with van der Waals surface area (Å²) in [5.41, 5.74) is 0.700. The smallest absolute Gasteiger partial charge is 0.273 e. The molecule has 172 valence electrons. The van der Waals surface area contributed by atoms with Crippen molar-refractivity contribution in [2.24, 2.45) is 0 Å². The van der Waals surface area contributed by atoms with Gasteiger partial charge in [0.15, 0.2) is 11.5 Å². The van der Waals surface area contributed by atoms with E-state index in [4.69, 9.17) is 21.1 Å². The van der Waals surface area contributed by atoms with Crippen molar-refractivity contribution < 1.29 is 24.3 Å². The highest BCUT2D eigenvalue weighted by Gasteiger charge is 2.15. The van der Waals surface area contributed by atoms with Gasteiger partial charge in [-0.3, -0.25) is 14.9 Å². The Balaban J connectivity index is 1.76. The van der Waals surface area contributed by atoms with Gasteiger partial charge in [-0.1, -0.05) is 29.8 Å². The van der Waals surface area contributed by atoms with E-state index in [0.717, 1.165) is 17.7 Å². The van der Waals surface area contributed by atoms with Gasteiger partial charge in [0.05, 0.1) is 23.8 Å². The van der Waals surface area contributed by atoms with Gasteiger partial charge in [0, 0.05) is 11.1 Å². The molecule has 0 saturated carbocycles. The second-order valence-electron chi connectivity index (χ2n) is 6.91. The number of benzene rings is 3. The summed E-state index contributed by atoms with van der Waals surface area (Å²) in [5, 5.41) is 33.1. The molecule has 10 heteroatoms. The highest BCUT2D eigenvalue weighted by atomic mass is 35.5. The first-order chi connectivity index (χ1) is 16.3. The van der Waals surface area contributed by atoms with Crippen LogP contribution in [0, 0.1) is 21.4 Å². The number of non-ortho nitro benzene ring substituents is 1. The van der Waals surface area contributed by atoms with Crippen molar-refractivity contribution in [1.29, 1.82) is 5.26 Å². The molecular weight excluding hydrogens is 462 g/mol. The van der Waals surface area contributed by atoms with Crippen LogP contribution < -0.4 is 14.8 Å². The zero-order valence-electron chi connectivity index (χ0n) is 17.8. The van der Waals surface area contributed by atoms with E-state index in [0.29, 0.717) is 22.1 Å². The number of methoxy groups -OCH3 is 1. The summed E-state index contributed by atoms with van der Waals surface area (Å²) >= 11 is 5.99. The number of rotatable bonds is 8. The minimum Gasteiger partial charge on any atom is -0.506 e. The minimum absolute atomic E-state index is 0.0703. The Morgan fingerprint density at radius 2 is 2.00 bits per heavy atom. The first-order valence-corrected chi connectivity index (χ1v) is 10.1. The van der Waals surface area contributed by atoms with Crippen LogP contribution in [0.15, 0.2) is 66.2 Å². The molecule has 0 aliphatic rings. The number of aromatic hydroxyl groups is 1. The molecule has 34 heavy (non-hydrogen) atoms. The predicted molar refractivity (Wildman–Crippen MR) is 126 cm³/mol. The van der Waals surface area contributed by atoms with Gasteiger partial charge in [-0.05, 0) is 47.5 Å². The van der Waals surface area contributed by atoms with Crippen LogP contribution in [0.2, 0.25) is 5.02 Å². The van der Waals surface area contributed by atoms with Crippen LogP contribution in [0.5, 0.6) is 17.2 Å². The number of nitrogens with one attached hydrogen (secondary N) is 1. The zero-order chi connectivity index (χ0) is 24.7. The van der Waals surface area contributed by atoms with Crippen LogP contribution >= 0.6 is 11.6 Å². The molecule has 1 amide bonds. The Hall–Kier alpha value is -4.55. The second kappa shape index (κ2) is 10.8. The van der Waals surface area contributed by atoms with Gasteiger partial charge in [-0.15, -0.1) is 0 Å². The molecule has 0 bridgehead atoms. The van der Waals surface area contributed by atoms with E-state index >= 15 is 0 Å². The summed E-state index contributed by atoms with van der Waals surface area (Å²) in [6, 6.07) is 17.1. The Morgan fingerprint density at radius 3 is 2.65 bits per heavy atom. The van der Waals surface area contributed by atoms with Crippen molar-refractivity contribution in [1.82, 2.24) is 0 Å². The molecule has 0 radical (unpaired) electrons. The molecule has 0 aliphatic carbocycles. The third kappa shape index (κ3) is 6.03. The maximum atomic E-state index is 12.5. The molecule has 0 heterocycles. The fraction of sp³-hybridized carbons (Fsp3) is 0.0833. The average Bonchev–Trinajstić information content (AvgIpc) is 2.82. The van der Waals surface area contributed by atoms with Crippen LogP contribution in [0.3, 0.4) is 0 Å². The predicted octanol–water partition coefficient (Wildman–Crippen LogP) is 5.09. The maximum absolute atomic E-state index is 12.5. The number of amides is 1. The number of anilines is 1. The summed E-state index contributed by atoms with van der Waals surface area (Å²) < 4.78 is 11.2. The van der Waals surface area contributed by atoms with E-state index in [9.17, 15) is 25.3 Å². The van der Waals surface area contributed by atoms with E-state index in [2.05, 4.69) is 5.32 Å². The van der Waals surface area contributed by atoms with Crippen molar-refractivity contribution in [3.8, 4) is 23.3 Å². The van der Waals surface area contributed by atoms with Crippen LogP contribution in [-0.4, -0.2) is 23.0 Å². The van der Waals surface area contributed by atoms with E-state index < -0.39 is 16.6 Å². The van der Waals surface area contributed by atoms with Crippen molar-refractivity contribution in [3.05, 3.63) is 92.5 Å². The molecule has 0 aliphatic heterocycles. The lowest BCUT2D eigenvalue weighted by Crippen LogP contribution is -2.13. The summed E-state index contributed by atoms with van der Waals surface area (Å²) in [6.45, 7) is 0.261. The van der Waals surface area contributed by atoms with Gasteiger partial charge in [0.1, 0.15) is 24.0 Å². The Kier molecular flexibility index (Phi) is 7.69. The molecule has 3 aromatic carbocycles. The number of nitrogens with zero attached hydrogens (tertiary/aromatic N) is 2. The number of hydrogen-bond donors (Lipinski definition) is 2. The summed E-state index contributed by atoms with van der Waals surface area (Å²) in [7, 11) is 1.46. The number of nitro benzene ring substituents is 1. The Bertz CT molecular complexity index is 1320. The van der Waals surface area contributed by atoms with Gasteiger partial charge < -0.3 is 19.9 Å². The van der Waals surface area contributed by atoms with Crippen LogP contribution in [0.25, 0.3) is 6.08 Å². The van der Waals surface area contributed by atoms with Gasteiger partial charge in [-0.2, -0.15) is 5.26 Å². The number of carbonyl (C=O) groups is 1. The minimum atomic E-state index is -0.799. The van der Waals surface area contributed by atoms with E-state index in [-0.39, 0.29) is 23.6 Å². The normalized spacial score (nSPS) is 10.8. The van der Waals surface area contributed by atoms with Crippen molar-refractivity contribution in [2.45, 2.75) is 6.61 Å². The number of phenolic OH excluding ortho intramolecular Hbond substituents is 1. The molecule has 0 aromatic heterocycles. The summed E-state index contributed by atoms with van der Waals surface area (Å²) in [5.74, 6) is -0.450. The standard InChI is InChI=1S/C24H18ClN3O6/c1-33-23-11-15(5-8-22(23)34-14-16-3-2-4-18(25)10-16)9-17(13-26)24(30)27-20-7-6-19(28(31)32)12-21(20)29/h2-12,29H,14H2,1H3,(H,27,30)/b17-9+. The molecule has 0 saturated heterocycles. The van der Waals surface area contributed by atoms with E-state index in [1.54, 1.807) is 36.4 Å². The Morgan fingerprint density at radius 1 is 1.21 bits per heavy atom. The molecular formula is C24H18ClN3O6. The third-order valence-corrected chi connectivity index (χ3v) is 4.82. The van der Waals surface area contributed by atoms with Gasteiger partial charge >= 0.3 is 0 Å². The van der Waals surface area contributed by atoms with Crippen molar-refractivity contribution in [2.75, 3.05) is 12.4 Å². The largest absolute Gasteiger partial charge is 0.506 e. The number of halogens is 1. The molecule has 3 rings (SSSR count). The van der Waals surface area contributed by atoms with Crippen LogP contribution in [-0.2, 0) is 11.4 Å². The number of carbonyl (C=O) groups excluding carboxylic acids is 1. The quantitative estimate of drug-likeness (QED) is 0.151. The summed E-state index contributed by atoms with van der Waals surface area (Å²) in [4.78, 5) is 22.6. The highest BCUT2D eigenvalue weighted by Crippen LogP contribution is 2.31. The van der Waals surface area contributed by atoms with Gasteiger partial charge in [0.2, 0.25) is 0 Å². The fourth-order valence-corrected chi connectivity index (χ4v) is 3.14. The number of hydrogen-bond acceptors (Lipinski definition) is 7. The fourth-order valence-electron chi connectivity index (χ4n) is 2.93. The third-order valence-electron chi connectivity index (χ3n) is 4.59. The van der Waals surface area contributed by atoms with E-state index in [1.165, 1.54) is 19.3 Å². The van der Waals surface area contributed by atoms with Crippen LogP contribution in [0.1, 0.15) is 11.1 Å². The SMILES string of the molecule is COc1cc(/C=C(\C#N)C(=O)Nc2ccc([N+](=O)[O-])cc2O)ccc1OCc1cccc(Cl)c1. The Labute approximate surface area is 199 Å². The van der Waals surface area contributed by atoms with Gasteiger partial charge in [0.25, 0.3) is 11.6 Å². The molecule has 0 spiro atoms. The number of nitro groups is 1. The van der Waals surface area contributed by atoms with E-state index in [1.807, 2.05) is 12.1 Å². The topological polar surface area (TPSA) is 135 Å². The lowest BCUT2D eigenvalue weighted by Gasteiger charge is -2.12. The lowest BCUT2D eigenvalue weighted by molar-refractivity contribution is -0.384. The molecule has 2 N–H and O–H groups in total. The highest BCUT2D eigenvalue weighted by molar-refractivity contribution is 6.30. The molecule has 0 fully saturated rings. The summed E-state index contributed by atoms with van der Waals surface area (Å²) in [6.07, 6.45) is 1.33.